The molecule has 0 aliphatic rings. The fourth-order valence-corrected chi connectivity index (χ4v) is 1.82. The van der Waals surface area contributed by atoms with E-state index < -0.39 is 5.97 Å². The van der Waals surface area contributed by atoms with Crippen molar-refractivity contribution in [2.24, 2.45) is 0 Å². The van der Waals surface area contributed by atoms with Crippen LogP contribution in [0.4, 0.5) is 5.69 Å². The van der Waals surface area contributed by atoms with E-state index in [1.807, 2.05) is 6.92 Å². The Balaban J connectivity index is 1.90. The number of carbonyl (C=O) groups excluding carboxylic acids is 2. The molecular formula is C15H18N4O4. The molecule has 2 rings (SSSR count). The first-order valence-electron chi connectivity index (χ1n) is 7.22. The second-order valence-corrected chi connectivity index (χ2v) is 4.53. The number of esters is 1. The molecule has 1 N–H and O–H groups in total. The summed E-state index contributed by atoms with van der Waals surface area (Å²) in [5.74, 6) is -0.110. The van der Waals surface area contributed by atoms with Crippen molar-refractivity contribution in [3.05, 3.63) is 36.2 Å². The molecule has 8 nitrogen and oxygen atoms in total. The molecule has 1 heterocycles. The first-order chi connectivity index (χ1) is 11.1. The molecule has 0 aliphatic carbocycles. The number of carbonyl (C=O) groups is 2. The summed E-state index contributed by atoms with van der Waals surface area (Å²) < 4.78 is 11.4. The van der Waals surface area contributed by atoms with Crippen LogP contribution in [0.5, 0.6) is 5.75 Å². The van der Waals surface area contributed by atoms with Gasteiger partial charge in [-0.15, -0.1) is 5.10 Å². The highest BCUT2D eigenvalue weighted by Gasteiger charge is 2.13. The maximum absolute atomic E-state index is 12.0. The maximum Gasteiger partial charge on any atom is 0.360 e. The van der Waals surface area contributed by atoms with Gasteiger partial charge in [-0.3, -0.25) is 4.79 Å². The number of rotatable bonds is 7. The van der Waals surface area contributed by atoms with E-state index in [4.69, 9.17) is 9.47 Å². The zero-order chi connectivity index (χ0) is 16.7. The number of ether oxygens (including phenoxy) is 2. The van der Waals surface area contributed by atoms with E-state index in [0.717, 1.165) is 5.75 Å². The molecule has 2 aromatic rings. The first kappa shape index (κ1) is 16.5. The van der Waals surface area contributed by atoms with E-state index in [2.05, 4.69) is 15.6 Å². The fourth-order valence-electron chi connectivity index (χ4n) is 1.82. The second-order valence-electron chi connectivity index (χ2n) is 4.53. The van der Waals surface area contributed by atoms with E-state index in [0.29, 0.717) is 12.3 Å². The lowest BCUT2D eigenvalue weighted by Crippen LogP contribution is -2.19. The monoisotopic (exact) mass is 318 g/mol. The minimum absolute atomic E-state index is 0.0559. The summed E-state index contributed by atoms with van der Waals surface area (Å²) >= 11 is 0. The molecule has 0 saturated heterocycles. The van der Waals surface area contributed by atoms with Crippen LogP contribution in [0.2, 0.25) is 0 Å². The topological polar surface area (TPSA) is 95.3 Å². The average molecular weight is 318 g/mol. The Labute approximate surface area is 133 Å². The van der Waals surface area contributed by atoms with Crippen molar-refractivity contribution in [2.45, 2.75) is 20.4 Å². The van der Waals surface area contributed by atoms with Crippen LogP contribution in [-0.4, -0.2) is 40.1 Å². The largest absolute Gasteiger partial charge is 0.494 e. The third-order valence-electron chi connectivity index (χ3n) is 2.78. The number of hydrogen-bond acceptors (Lipinski definition) is 6. The molecule has 0 bridgehead atoms. The lowest BCUT2D eigenvalue weighted by atomic mass is 10.3. The van der Waals surface area contributed by atoms with Gasteiger partial charge < -0.3 is 14.8 Å². The summed E-state index contributed by atoms with van der Waals surface area (Å²) in [5.41, 5.74) is 0.713. The van der Waals surface area contributed by atoms with E-state index in [1.165, 1.54) is 10.9 Å². The van der Waals surface area contributed by atoms with Gasteiger partial charge in [0.15, 0.2) is 5.69 Å². The molecule has 0 radical (unpaired) electrons. The van der Waals surface area contributed by atoms with Crippen LogP contribution in [0.1, 0.15) is 24.3 Å². The van der Waals surface area contributed by atoms with Crippen molar-refractivity contribution in [3.63, 3.8) is 0 Å². The van der Waals surface area contributed by atoms with Crippen molar-refractivity contribution < 1.29 is 19.1 Å². The predicted molar refractivity (Wildman–Crippen MR) is 82.2 cm³/mol. The van der Waals surface area contributed by atoms with Gasteiger partial charge in [-0.05, 0) is 38.1 Å². The normalized spacial score (nSPS) is 10.2. The van der Waals surface area contributed by atoms with Crippen LogP contribution in [0.3, 0.4) is 0 Å². The minimum atomic E-state index is -0.564. The molecule has 23 heavy (non-hydrogen) atoms. The van der Waals surface area contributed by atoms with Crippen molar-refractivity contribution >= 4 is 17.6 Å². The third kappa shape index (κ3) is 4.80. The first-order valence-corrected chi connectivity index (χ1v) is 7.22. The van der Waals surface area contributed by atoms with Gasteiger partial charge in [0, 0.05) is 5.69 Å². The van der Waals surface area contributed by atoms with Crippen LogP contribution in [0.25, 0.3) is 0 Å². The molecule has 1 amide bonds. The van der Waals surface area contributed by atoms with Gasteiger partial charge >= 0.3 is 5.97 Å². The number of hydrogen-bond donors (Lipinski definition) is 1. The molecular weight excluding hydrogens is 300 g/mol. The van der Waals surface area contributed by atoms with Gasteiger partial charge in [-0.25, -0.2) is 9.48 Å². The summed E-state index contributed by atoms with van der Waals surface area (Å²) in [6.07, 6.45) is 1.37. The quantitative estimate of drug-likeness (QED) is 0.777. The van der Waals surface area contributed by atoms with Crippen LogP contribution in [0, 0.1) is 0 Å². The van der Waals surface area contributed by atoms with Crippen molar-refractivity contribution in [1.82, 2.24) is 15.0 Å². The molecule has 0 spiro atoms. The number of aromatic nitrogens is 3. The molecule has 0 aliphatic heterocycles. The van der Waals surface area contributed by atoms with Gasteiger partial charge in [-0.1, -0.05) is 5.21 Å². The lowest BCUT2D eigenvalue weighted by molar-refractivity contribution is -0.116. The Morgan fingerprint density at radius 2 is 1.91 bits per heavy atom. The van der Waals surface area contributed by atoms with Gasteiger partial charge in [0.25, 0.3) is 0 Å². The summed E-state index contributed by atoms with van der Waals surface area (Å²) in [4.78, 5) is 23.4. The molecule has 1 aromatic carbocycles. The summed E-state index contributed by atoms with van der Waals surface area (Å²) in [5, 5.41) is 10.1. The summed E-state index contributed by atoms with van der Waals surface area (Å²) in [6, 6.07) is 7.03. The Kier molecular flexibility index (Phi) is 5.67. The van der Waals surface area contributed by atoms with Crippen molar-refractivity contribution in [2.75, 3.05) is 18.5 Å². The summed E-state index contributed by atoms with van der Waals surface area (Å²) in [7, 11) is 0. The Morgan fingerprint density at radius 3 is 2.57 bits per heavy atom. The molecule has 8 heteroatoms. The maximum atomic E-state index is 12.0. The number of amides is 1. The number of nitrogens with one attached hydrogen (secondary N) is 1. The predicted octanol–water partition coefficient (Wildman–Crippen LogP) is 1.49. The molecule has 0 saturated carbocycles. The van der Waals surface area contributed by atoms with Crippen molar-refractivity contribution in [1.29, 1.82) is 0 Å². The molecule has 0 unspecified atom stereocenters. The lowest BCUT2D eigenvalue weighted by Gasteiger charge is -2.07. The van der Waals surface area contributed by atoms with Crippen LogP contribution in [0.15, 0.2) is 30.5 Å². The number of anilines is 1. The molecule has 122 valence electrons. The Hall–Kier alpha value is -2.90. The molecule has 1 aromatic heterocycles. The molecule has 0 fully saturated rings. The van der Waals surface area contributed by atoms with E-state index in [9.17, 15) is 9.59 Å². The van der Waals surface area contributed by atoms with E-state index in [-0.39, 0.29) is 24.8 Å². The van der Waals surface area contributed by atoms with Gasteiger partial charge in [0.2, 0.25) is 5.91 Å². The van der Waals surface area contributed by atoms with Crippen LogP contribution >= 0.6 is 0 Å². The minimum Gasteiger partial charge on any atom is -0.494 e. The smallest absolute Gasteiger partial charge is 0.360 e. The zero-order valence-corrected chi connectivity index (χ0v) is 13.0. The standard InChI is InChI=1S/C15H18N4O4/c1-3-22-12-7-5-11(6-8-12)16-14(20)10-19-9-13(17-18-19)15(21)23-4-2/h5-9H,3-4,10H2,1-2H3,(H,16,20). The van der Waals surface area contributed by atoms with Gasteiger partial charge in [-0.2, -0.15) is 0 Å². The van der Waals surface area contributed by atoms with Crippen LogP contribution in [-0.2, 0) is 16.1 Å². The average Bonchev–Trinajstić information content (AvgIpc) is 2.98. The van der Waals surface area contributed by atoms with Gasteiger partial charge in [0.05, 0.1) is 19.4 Å². The number of benzene rings is 1. The highest BCUT2D eigenvalue weighted by molar-refractivity contribution is 5.91. The second kappa shape index (κ2) is 7.92. The third-order valence-corrected chi connectivity index (χ3v) is 2.78. The van der Waals surface area contributed by atoms with E-state index >= 15 is 0 Å². The zero-order valence-electron chi connectivity index (χ0n) is 13.0. The highest BCUT2D eigenvalue weighted by atomic mass is 16.5. The Morgan fingerprint density at radius 1 is 1.17 bits per heavy atom. The van der Waals surface area contributed by atoms with Crippen LogP contribution < -0.4 is 10.1 Å². The SMILES string of the molecule is CCOC(=O)c1cn(CC(=O)Nc2ccc(OCC)cc2)nn1. The van der Waals surface area contributed by atoms with Crippen molar-refractivity contribution in [3.8, 4) is 5.75 Å². The van der Waals surface area contributed by atoms with Gasteiger partial charge in [0.1, 0.15) is 12.3 Å². The number of nitrogens with zero attached hydrogens (tertiary/aromatic N) is 3. The summed E-state index contributed by atoms with van der Waals surface area (Å²) in [6.45, 7) is 4.38. The highest BCUT2D eigenvalue weighted by Crippen LogP contribution is 2.15. The molecule has 0 atom stereocenters. The fraction of sp³-hybridized carbons (Fsp3) is 0.333. The van der Waals surface area contributed by atoms with E-state index in [1.54, 1.807) is 31.2 Å². The Bertz CT molecular complexity index is 666.